The number of nitriles is 1. The first-order chi connectivity index (χ1) is 9.42. The van der Waals surface area contributed by atoms with Gasteiger partial charge in [-0.2, -0.15) is 5.26 Å². The molecule has 0 aliphatic heterocycles. The largest absolute Gasteiger partial charge is 0.328 e. The van der Waals surface area contributed by atoms with Gasteiger partial charge in [-0.25, -0.2) is 13.1 Å². The van der Waals surface area contributed by atoms with E-state index in [4.69, 9.17) is 11.0 Å². The topological polar surface area (TPSA) is 96.0 Å². The Morgan fingerprint density at radius 2 is 1.90 bits per heavy atom. The highest BCUT2D eigenvalue weighted by Crippen LogP contribution is 2.21. The standard InChI is InChI=1S/C14H19N3O2S.ClH/c1-10-2-3-11(9-15)8-14(10)20(18,19)17-13-6-4-12(16)5-7-13;/h2-3,8,12-13,17H,4-7,16H2,1H3;1H. The van der Waals surface area contributed by atoms with Crippen LogP contribution in [0.2, 0.25) is 0 Å². The number of rotatable bonds is 3. The molecule has 7 heteroatoms. The summed E-state index contributed by atoms with van der Waals surface area (Å²) in [6.07, 6.45) is 3.20. The van der Waals surface area contributed by atoms with Gasteiger partial charge < -0.3 is 5.73 Å². The van der Waals surface area contributed by atoms with Crippen molar-refractivity contribution in [3.8, 4) is 6.07 Å². The van der Waals surface area contributed by atoms with Crippen LogP contribution in [0.1, 0.15) is 36.8 Å². The van der Waals surface area contributed by atoms with E-state index in [1.807, 2.05) is 6.07 Å². The molecular weight excluding hydrogens is 310 g/mol. The first kappa shape index (κ1) is 17.9. The Kier molecular flexibility index (Phi) is 6.17. The van der Waals surface area contributed by atoms with Gasteiger partial charge in [0.2, 0.25) is 10.0 Å². The molecule has 2 rings (SSSR count). The van der Waals surface area contributed by atoms with Crippen LogP contribution in [0.15, 0.2) is 23.1 Å². The second kappa shape index (κ2) is 7.23. The smallest absolute Gasteiger partial charge is 0.241 e. The van der Waals surface area contributed by atoms with E-state index in [1.54, 1.807) is 19.1 Å². The molecule has 116 valence electrons. The van der Waals surface area contributed by atoms with Crippen molar-refractivity contribution >= 4 is 22.4 Å². The maximum Gasteiger partial charge on any atom is 0.241 e. The lowest BCUT2D eigenvalue weighted by molar-refractivity contribution is 0.373. The Hall–Kier alpha value is -1.13. The van der Waals surface area contributed by atoms with Gasteiger partial charge in [-0.1, -0.05) is 6.07 Å². The first-order valence-corrected chi connectivity index (χ1v) is 8.19. The van der Waals surface area contributed by atoms with Gasteiger partial charge >= 0.3 is 0 Å². The lowest BCUT2D eigenvalue weighted by Crippen LogP contribution is -2.40. The summed E-state index contributed by atoms with van der Waals surface area (Å²) in [6.45, 7) is 1.73. The fraction of sp³-hybridized carbons (Fsp3) is 0.500. The fourth-order valence-corrected chi connectivity index (χ4v) is 4.05. The number of sulfonamides is 1. The lowest BCUT2D eigenvalue weighted by Gasteiger charge is -2.26. The highest BCUT2D eigenvalue weighted by Gasteiger charge is 2.25. The van der Waals surface area contributed by atoms with Gasteiger partial charge in [0.1, 0.15) is 0 Å². The maximum atomic E-state index is 12.4. The molecule has 0 aromatic heterocycles. The van der Waals surface area contributed by atoms with E-state index in [9.17, 15) is 8.42 Å². The molecule has 1 aromatic rings. The van der Waals surface area contributed by atoms with Crippen LogP contribution in [0.3, 0.4) is 0 Å². The molecule has 0 amide bonds. The number of nitrogens with one attached hydrogen (secondary N) is 1. The van der Waals surface area contributed by atoms with E-state index in [0.29, 0.717) is 11.1 Å². The molecule has 0 heterocycles. The molecule has 1 saturated carbocycles. The predicted molar refractivity (Wildman–Crippen MR) is 83.7 cm³/mol. The quantitative estimate of drug-likeness (QED) is 0.884. The minimum absolute atomic E-state index is 0. The number of nitrogens with two attached hydrogens (primary N) is 1. The fourth-order valence-electron chi connectivity index (χ4n) is 2.48. The van der Waals surface area contributed by atoms with Crippen LogP contribution in [0, 0.1) is 18.3 Å². The minimum atomic E-state index is -3.58. The summed E-state index contributed by atoms with van der Waals surface area (Å²) in [6, 6.07) is 6.78. The molecule has 3 N–H and O–H groups in total. The number of aryl methyl sites for hydroxylation is 1. The van der Waals surface area contributed by atoms with E-state index in [1.165, 1.54) is 6.07 Å². The van der Waals surface area contributed by atoms with E-state index < -0.39 is 10.0 Å². The Bertz CT molecular complexity index is 632. The number of hydrogen-bond donors (Lipinski definition) is 2. The van der Waals surface area contributed by atoms with Crippen molar-refractivity contribution < 1.29 is 8.42 Å². The average Bonchev–Trinajstić information content (AvgIpc) is 2.41. The second-order valence-corrected chi connectivity index (χ2v) is 7.01. The van der Waals surface area contributed by atoms with Gasteiger partial charge in [0.15, 0.2) is 0 Å². The summed E-state index contributed by atoms with van der Waals surface area (Å²) in [5.41, 5.74) is 6.81. The molecule has 21 heavy (non-hydrogen) atoms. The molecule has 0 bridgehead atoms. The number of nitrogens with zero attached hydrogens (tertiary/aromatic N) is 1. The molecule has 0 saturated heterocycles. The van der Waals surface area contributed by atoms with Crippen LogP contribution in [0.5, 0.6) is 0 Å². The Morgan fingerprint density at radius 3 is 2.48 bits per heavy atom. The van der Waals surface area contributed by atoms with Crippen LogP contribution in [-0.2, 0) is 10.0 Å². The number of benzene rings is 1. The first-order valence-electron chi connectivity index (χ1n) is 6.71. The lowest BCUT2D eigenvalue weighted by atomic mass is 9.93. The summed E-state index contributed by atoms with van der Waals surface area (Å²) in [7, 11) is -3.58. The third kappa shape index (κ3) is 4.42. The second-order valence-electron chi connectivity index (χ2n) is 5.33. The molecule has 0 unspecified atom stereocenters. The minimum Gasteiger partial charge on any atom is -0.328 e. The van der Waals surface area contributed by atoms with E-state index in [2.05, 4.69) is 4.72 Å². The zero-order valence-corrected chi connectivity index (χ0v) is 13.5. The van der Waals surface area contributed by atoms with Gasteiger partial charge in [-0.3, -0.25) is 0 Å². The molecular formula is C14H20ClN3O2S. The third-order valence-electron chi connectivity index (χ3n) is 3.70. The number of halogens is 1. The normalized spacial score (nSPS) is 22.1. The molecule has 1 aliphatic carbocycles. The van der Waals surface area contributed by atoms with Crippen LogP contribution < -0.4 is 10.5 Å². The summed E-state index contributed by atoms with van der Waals surface area (Å²) in [4.78, 5) is 0.187. The molecule has 1 aromatic carbocycles. The van der Waals surface area contributed by atoms with Gasteiger partial charge in [-0.15, -0.1) is 12.4 Å². The SMILES string of the molecule is Cc1ccc(C#N)cc1S(=O)(=O)NC1CCC(N)CC1.Cl. The monoisotopic (exact) mass is 329 g/mol. The Labute approximate surface area is 132 Å². The van der Waals surface area contributed by atoms with Crippen LogP contribution >= 0.6 is 12.4 Å². The van der Waals surface area contributed by atoms with Crippen molar-refractivity contribution in [3.05, 3.63) is 29.3 Å². The van der Waals surface area contributed by atoms with Crippen molar-refractivity contribution in [1.29, 1.82) is 5.26 Å². The zero-order valence-electron chi connectivity index (χ0n) is 11.9. The van der Waals surface area contributed by atoms with Crippen molar-refractivity contribution in [3.63, 3.8) is 0 Å². The number of hydrogen-bond acceptors (Lipinski definition) is 4. The van der Waals surface area contributed by atoms with E-state index in [0.717, 1.165) is 25.7 Å². The van der Waals surface area contributed by atoms with Crippen molar-refractivity contribution in [2.75, 3.05) is 0 Å². The third-order valence-corrected chi connectivity index (χ3v) is 5.36. The van der Waals surface area contributed by atoms with Crippen LogP contribution in [0.4, 0.5) is 0 Å². The molecule has 1 fully saturated rings. The summed E-state index contributed by atoms with van der Waals surface area (Å²) in [5, 5.41) is 8.89. The van der Waals surface area contributed by atoms with Crippen molar-refractivity contribution in [1.82, 2.24) is 4.72 Å². The zero-order chi connectivity index (χ0) is 14.8. The predicted octanol–water partition coefficient (Wildman–Crippen LogP) is 1.84. The van der Waals surface area contributed by atoms with Gasteiger partial charge in [0, 0.05) is 12.1 Å². The molecule has 1 aliphatic rings. The van der Waals surface area contributed by atoms with Crippen molar-refractivity contribution in [2.24, 2.45) is 5.73 Å². The molecule has 0 spiro atoms. The summed E-state index contributed by atoms with van der Waals surface area (Å²) in [5.74, 6) is 0. The highest BCUT2D eigenvalue weighted by atomic mass is 35.5. The van der Waals surface area contributed by atoms with Crippen LogP contribution in [0.25, 0.3) is 0 Å². The van der Waals surface area contributed by atoms with E-state index in [-0.39, 0.29) is 29.4 Å². The van der Waals surface area contributed by atoms with Gasteiger partial charge in [0.05, 0.1) is 16.5 Å². The summed E-state index contributed by atoms with van der Waals surface area (Å²) < 4.78 is 27.6. The highest BCUT2D eigenvalue weighted by molar-refractivity contribution is 7.89. The van der Waals surface area contributed by atoms with Crippen molar-refractivity contribution in [2.45, 2.75) is 49.6 Å². The maximum absolute atomic E-state index is 12.4. The van der Waals surface area contributed by atoms with Gasteiger partial charge in [-0.05, 0) is 50.3 Å². The summed E-state index contributed by atoms with van der Waals surface area (Å²) >= 11 is 0. The Balaban J connectivity index is 0.00000220. The Morgan fingerprint density at radius 1 is 1.29 bits per heavy atom. The molecule has 0 atom stereocenters. The average molecular weight is 330 g/mol. The van der Waals surface area contributed by atoms with Gasteiger partial charge in [0.25, 0.3) is 0 Å². The van der Waals surface area contributed by atoms with Crippen LogP contribution in [-0.4, -0.2) is 20.5 Å². The molecule has 0 radical (unpaired) electrons. The molecule has 5 nitrogen and oxygen atoms in total. The van der Waals surface area contributed by atoms with E-state index >= 15 is 0 Å².